The number of rotatable bonds is 6. The summed E-state index contributed by atoms with van der Waals surface area (Å²) in [4.78, 5) is 12.3. The highest BCUT2D eigenvalue weighted by Gasteiger charge is 2.22. The van der Waals surface area contributed by atoms with Crippen molar-refractivity contribution in [3.8, 4) is 11.5 Å². The lowest BCUT2D eigenvalue weighted by Crippen LogP contribution is -2.00. The van der Waals surface area contributed by atoms with Crippen LogP contribution < -0.4 is 9.47 Å². The zero-order valence-electron chi connectivity index (χ0n) is 16.6. The first-order valence-electron chi connectivity index (χ1n) is 9.49. The third-order valence-electron chi connectivity index (χ3n) is 4.70. The van der Waals surface area contributed by atoms with E-state index in [0.717, 1.165) is 15.6 Å². The lowest BCUT2D eigenvalue weighted by molar-refractivity contribution is -0.130. The van der Waals surface area contributed by atoms with E-state index in [0.29, 0.717) is 28.4 Å². The summed E-state index contributed by atoms with van der Waals surface area (Å²) in [5, 5.41) is 0. The molecular formula is C25H18BrFO4. The van der Waals surface area contributed by atoms with Crippen molar-refractivity contribution in [2.45, 2.75) is 6.61 Å². The summed E-state index contributed by atoms with van der Waals surface area (Å²) in [7, 11) is 1.53. The normalized spacial score (nSPS) is 14.4. The molecule has 31 heavy (non-hydrogen) atoms. The summed E-state index contributed by atoms with van der Waals surface area (Å²) in [6.45, 7) is 0.0785. The molecule has 0 aliphatic carbocycles. The van der Waals surface area contributed by atoms with E-state index in [2.05, 4.69) is 15.9 Å². The van der Waals surface area contributed by atoms with Crippen LogP contribution in [-0.4, -0.2) is 13.1 Å². The highest BCUT2D eigenvalue weighted by atomic mass is 79.9. The van der Waals surface area contributed by atoms with Gasteiger partial charge in [0, 0.05) is 15.6 Å². The molecule has 0 fully saturated rings. The smallest absolute Gasteiger partial charge is 0.343 e. The molecule has 0 radical (unpaired) electrons. The van der Waals surface area contributed by atoms with E-state index < -0.39 is 5.97 Å². The van der Waals surface area contributed by atoms with E-state index in [4.69, 9.17) is 14.2 Å². The molecule has 0 unspecified atom stereocenters. The lowest BCUT2D eigenvalue weighted by Gasteiger charge is -2.12. The van der Waals surface area contributed by atoms with Gasteiger partial charge in [0.2, 0.25) is 0 Å². The topological polar surface area (TPSA) is 44.8 Å². The number of carbonyl (C=O) groups is 1. The molecule has 156 valence electrons. The predicted octanol–water partition coefficient (Wildman–Crippen LogP) is 6.16. The zero-order valence-corrected chi connectivity index (χ0v) is 18.2. The van der Waals surface area contributed by atoms with Gasteiger partial charge in [-0.05, 0) is 48.0 Å². The number of cyclic esters (lactones) is 1. The van der Waals surface area contributed by atoms with Crippen LogP contribution in [0, 0.1) is 5.82 Å². The van der Waals surface area contributed by atoms with Crippen molar-refractivity contribution in [1.29, 1.82) is 0 Å². The Hall–Kier alpha value is -3.38. The lowest BCUT2D eigenvalue weighted by atomic mass is 10.1. The number of carbonyl (C=O) groups excluding carboxylic acids is 1. The quantitative estimate of drug-likeness (QED) is 0.313. The van der Waals surface area contributed by atoms with Gasteiger partial charge in [0.1, 0.15) is 18.2 Å². The summed E-state index contributed by atoms with van der Waals surface area (Å²) >= 11 is 3.39. The number of benzene rings is 3. The Kier molecular flexibility index (Phi) is 6.18. The Morgan fingerprint density at radius 2 is 1.81 bits per heavy atom. The zero-order chi connectivity index (χ0) is 21.8. The van der Waals surface area contributed by atoms with Crippen LogP contribution >= 0.6 is 15.9 Å². The summed E-state index contributed by atoms with van der Waals surface area (Å²) in [6, 6.07) is 19.2. The Labute approximate surface area is 187 Å². The number of ether oxygens (including phenoxy) is 3. The Bertz CT molecular complexity index is 1180. The molecule has 4 rings (SSSR count). The average molecular weight is 481 g/mol. The summed E-state index contributed by atoms with van der Waals surface area (Å²) in [5.41, 5.74) is 2.44. The van der Waals surface area contributed by atoms with Gasteiger partial charge in [-0.3, -0.25) is 0 Å². The van der Waals surface area contributed by atoms with E-state index >= 15 is 0 Å². The molecule has 0 spiro atoms. The summed E-state index contributed by atoms with van der Waals surface area (Å²) < 4.78 is 31.3. The first-order valence-corrected chi connectivity index (χ1v) is 10.3. The van der Waals surface area contributed by atoms with Gasteiger partial charge in [0.05, 0.1) is 12.7 Å². The van der Waals surface area contributed by atoms with Crippen molar-refractivity contribution in [1.82, 2.24) is 0 Å². The van der Waals surface area contributed by atoms with Crippen molar-refractivity contribution in [3.63, 3.8) is 0 Å². The molecule has 1 aliphatic rings. The Morgan fingerprint density at radius 3 is 2.55 bits per heavy atom. The second-order valence-corrected chi connectivity index (χ2v) is 7.71. The third kappa shape index (κ3) is 4.86. The molecule has 0 saturated heterocycles. The molecule has 3 aromatic carbocycles. The molecule has 0 aromatic heterocycles. The number of halogens is 2. The maximum Gasteiger partial charge on any atom is 0.343 e. The molecule has 0 atom stereocenters. The third-order valence-corrected chi connectivity index (χ3v) is 5.23. The van der Waals surface area contributed by atoms with Crippen LogP contribution in [0.1, 0.15) is 16.7 Å². The number of esters is 1. The minimum atomic E-state index is -0.420. The van der Waals surface area contributed by atoms with Crippen LogP contribution in [0.4, 0.5) is 4.39 Å². The number of hydrogen-bond acceptors (Lipinski definition) is 4. The van der Waals surface area contributed by atoms with E-state index in [9.17, 15) is 9.18 Å². The van der Waals surface area contributed by atoms with Crippen LogP contribution in [0.2, 0.25) is 0 Å². The van der Waals surface area contributed by atoms with Gasteiger partial charge in [-0.25, -0.2) is 9.18 Å². The standard InChI is InChI=1S/C25H18BrFO4/c1-29-24-13-16(6-11-22(24)30-15-18-4-2-3-5-21(18)27)12-19-14-23(31-25(19)28)17-7-9-20(26)10-8-17/h2-14H,15H2,1H3/b19-12+. The molecule has 3 aromatic rings. The molecule has 1 aliphatic heterocycles. The van der Waals surface area contributed by atoms with Gasteiger partial charge in [-0.2, -0.15) is 0 Å². The molecule has 4 nitrogen and oxygen atoms in total. The van der Waals surface area contributed by atoms with Gasteiger partial charge in [0.25, 0.3) is 0 Å². The van der Waals surface area contributed by atoms with Crippen LogP contribution in [0.5, 0.6) is 11.5 Å². The molecule has 0 N–H and O–H groups in total. The highest BCUT2D eigenvalue weighted by molar-refractivity contribution is 9.10. The predicted molar refractivity (Wildman–Crippen MR) is 120 cm³/mol. The van der Waals surface area contributed by atoms with Crippen molar-refractivity contribution in [2.24, 2.45) is 0 Å². The van der Waals surface area contributed by atoms with E-state index in [1.54, 1.807) is 48.6 Å². The monoisotopic (exact) mass is 480 g/mol. The maximum absolute atomic E-state index is 13.8. The summed E-state index contributed by atoms with van der Waals surface area (Å²) in [6.07, 6.45) is 3.43. The second-order valence-electron chi connectivity index (χ2n) is 6.80. The van der Waals surface area contributed by atoms with Crippen LogP contribution in [0.3, 0.4) is 0 Å². The number of methoxy groups -OCH3 is 1. The van der Waals surface area contributed by atoms with Gasteiger partial charge in [0.15, 0.2) is 11.5 Å². The number of hydrogen-bond donors (Lipinski definition) is 0. The minimum Gasteiger partial charge on any atom is -0.493 e. The van der Waals surface area contributed by atoms with Crippen LogP contribution in [-0.2, 0) is 16.1 Å². The average Bonchev–Trinajstić information content (AvgIpc) is 3.14. The Morgan fingerprint density at radius 1 is 1.03 bits per heavy atom. The van der Waals surface area contributed by atoms with E-state index in [1.165, 1.54) is 13.2 Å². The fraction of sp³-hybridized carbons (Fsp3) is 0.0800. The van der Waals surface area contributed by atoms with Crippen LogP contribution in [0.15, 0.2) is 82.9 Å². The first kappa shape index (κ1) is 20.9. The van der Waals surface area contributed by atoms with Crippen molar-refractivity contribution in [2.75, 3.05) is 7.11 Å². The first-order chi connectivity index (χ1) is 15.0. The largest absolute Gasteiger partial charge is 0.493 e. The fourth-order valence-corrected chi connectivity index (χ4v) is 3.35. The van der Waals surface area contributed by atoms with Crippen molar-refractivity contribution in [3.05, 3.63) is 105 Å². The van der Waals surface area contributed by atoms with Crippen molar-refractivity contribution >= 4 is 33.7 Å². The van der Waals surface area contributed by atoms with E-state index in [1.807, 2.05) is 24.3 Å². The Balaban J connectivity index is 1.54. The van der Waals surface area contributed by atoms with Gasteiger partial charge >= 0.3 is 5.97 Å². The highest BCUT2D eigenvalue weighted by Crippen LogP contribution is 2.32. The molecular weight excluding hydrogens is 463 g/mol. The van der Waals surface area contributed by atoms with Gasteiger partial charge in [-0.1, -0.05) is 52.3 Å². The van der Waals surface area contributed by atoms with Crippen molar-refractivity contribution < 1.29 is 23.4 Å². The van der Waals surface area contributed by atoms with E-state index in [-0.39, 0.29) is 12.4 Å². The molecule has 1 heterocycles. The molecule has 6 heteroatoms. The minimum absolute atomic E-state index is 0.0785. The molecule has 0 bridgehead atoms. The molecule has 0 amide bonds. The van der Waals surface area contributed by atoms with Gasteiger partial charge in [-0.15, -0.1) is 0 Å². The van der Waals surface area contributed by atoms with Gasteiger partial charge < -0.3 is 14.2 Å². The SMILES string of the molecule is COc1cc(/C=C2\C=C(c3ccc(Br)cc3)OC2=O)ccc1OCc1ccccc1F. The summed E-state index contributed by atoms with van der Waals surface area (Å²) in [5.74, 6) is 0.718. The van der Waals surface area contributed by atoms with Crippen LogP contribution in [0.25, 0.3) is 11.8 Å². The fourth-order valence-electron chi connectivity index (χ4n) is 3.09. The molecule has 0 saturated carbocycles. The maximum atomic E-state index is 13.8. The second kappa shape index (κ2) is 9.18.